The van der Waals surface area contributed by atoms with Gasteiger partial charge in [-0.3, -0.25) is 0 Å². The zero-order valence-electron chi connectivity index (χ0n) is 13.8. The zero-order valence-corrected chi connectivity index (χ0v) is 13.8. The fraction of sp³-hybridized carbons (Fsp3) is 0.938. The summed E-state index contributed by atoms with van der Waals surface area (Å²) in [7, 11) is 0. The lowest BCUT2D eigenvalue weighted by Crippen LogP contribution is -2.43. The number of rotatable bonds is 4. The van der Waals surface area contributed by atoms with Gasteiger partial charge in [-0.15, -0.1) is 0 Å². The van der Waals surface area contributed by atoms with E-state index in [1.807, 2.05) is 20.8 Å². The van der Waals surface area contributed by atoms with Crippen molar-refractivity contribution in [1.29, 1.82) is 0 Å². The molecule has 2 saturated heterocycles. The van der Waals surface area contributed by atoms with E-state index in [1.165, 1.54) is 25.9 Å². The van der Waals surface area contributed by atoms with Crippen molar-refractivity contribution in [3.05, 3.63) is 0 Å². The molecule has 21 heavy (non-hydrogen) atoms. The Balaban J connectivity index is 1.60. The number of likely N-dealkylation sites (tertiary alicyclic amines) is 2. The largest absolute Gasteiger partial charge is 0.444 e. The molecule has 0 unspecified atom stereocenters. The molecule has 5 nitrogen and oxygen atoms in total. The molecular weight excluding hydrogens is 268 g/mol. The minimum absolute atomic E-state index is 0.196. The summed E-state index contributed by atoms with van der Waals surface area (Å²) in [4.78, 5) is 16.2. The highest BCUT2D eigenvalue weighted by molar-refractivity contribution is 5.68. The van der Waals surface area contributed by atoms with E-state index in [2.05, 4.69) is 4.90 Å². The lowest BCUT2D eigenvalue weighted by atomic mass is 10.1. The number of ether oxygens (including phenoxy) is 2. The van der Waals surface area contributed by atoms with Crippen LogP contribution in [0.3, 0.4) is 0 Å². The molecule has 0 radical (unpaired) electrons. The van der Waals surface area contributed by atoms with Gasteiger partial charge >= 0.3 is 6.09 Å². The van der Waals surface area contributed by atoms with Crippen molar-refractivity contribution >= 4 is 6.09 Å². The number of piperidine rings is 1. The van der Waals surface area contributed by atoms with Crippen molar-refractivity contribution < 1.29 is 14.3 Å². The summed E-state index contributed by atoms with van der Waals surface area (Å²) in [5.41, 5.74) is -0.417. The van der Waals surface area contributed by atoms with Crippen molar-refractivity contribution in [2.24, 2.45) is 0 Å². The van der Waals surface area contributed by atoms with Gasteiger partial charge in [0.15, 0.2) is 0 Å². The highest BCUT2D eigenvalue weighted by atomic mass is 16.6. The summed E-state index contributed by atoms with van der Waals surface area (Å²) in [6, 6.07) is 0. The van der Waals surface area contributed by atoms with E-state index in [-0.39, 0.29) is 6.09 Å². The lowest BCUT2D eigenvalue weighted by molar-refractivity contribution is -0.0149. The van der Waals surface area contributed by atoms with Crippen molar-refractivity contribution in [3.8, 4) is 0 Å². The first-order valence-corrected chi connectivity index (χ1v) is 8.26. The second-order valence-electron chi connectivity index (χ2n) is 7.09. The Bertz CT molecular complexity index is 327. The average molecular weight is 298 g/mol. The van der Waals surface area contributed by atoms with Gasteiger partial charge in [0.25, 0.3) is 0 Å². The number of nitrogens with zero attached hydrogens (tertiary/aromatic N) is 2. The van der Waals surface area contributed by atoms with Crippen LogP contribution in [-0.2, 0) is 9.47 Å². The smallest absolute Gasteiger partial charge is 0.410 e. The molecule has 0 atom stereocenters. The van der Waals surface area contributed by atoms with Gasteiger partial charge in [-0.25, -0.2) is 4.79 Å². The fourth-order valence-electron chi connectivity index (χ4n) is 2.89. The molecule has 0 bridgehead atoms. The number of amides is 1. The highest BCUT2D eigenvalue weighted by Gasteiger charge is 2.27. The molecule has 0 N–H and O–H groups in total. The maximum absolute atomic E-state index is 12.0. The predicted molar refractivity (Wildman–Crippen MR) is 82.5 cm³/mol. The molecule has 0 aromatic rings. The second-order valence-corrected chi connectivity index (χ2v) is 7.09. The zero-order chi connectivity index (χ0) is 15.3. The van der Waals surface area contributed by atoms with Crippen molar-refractivity contribution in [2.75, 3.05) is 39.3 Å². The maximum atomic E-state index is 12.0. The molecule has 0 aromatic heterocycles. The molecular formula is C16H30N2O3. The summed E-state index contributed by atoms with van der Waals surface area (Å²) < 4.78 is 11.4. The first kappa shape index (κ1) is 16.6. The first-order chi connectivity index (χ1) is 9.94. The van der Waals surface area contributed by atoms with Crippen molar-refractivity contribution in [3.63, 3.8) is 0 Å². The van der Waals surface area contributed by atoms with E-state index in [0.717, 1.165) is 39.1 Å². The molecule has 2 rings (SSSR count). The van der Waals surface area contributed by atoms with Crippen LogP contribution >= 0.6 is 0 Å². The standard InChI is InChI=1S/C16H30N2O3/c1-16(2,3)21-15(19)18-10-6-14(7-11-18)20-13-12-17-8-4-5-9-17/h14H,4-13H2,1-3H3. The molecule has 2 fully saturated rings. The van der Waals surface area contributed by atoms with Gasteiger partial charge in [-0.05, 0) is 59.5 Å². The number of hydrogen-bond donors (Lipinski definition) is 0. The number of carbonyl (C=O) groups excluding carboxylic acids is 1. The summed E-state index contributed by atoms with van der Waals surface area (Å²) in [6.07, 6.45) is 4.59. The number of hydrogen-bond acceptors (Lipinski definition) is 4. The van der Waals surface area contributed by atoms with Crippen LogP contribution in [0, 0.1) is 0 Å². The van der Waals surface area contributed by atoms with Crippen LogP contribution in [0.1, 0.15) is 46.5 Å². The van der Waals surface area contributed by atoms with E-state index in [0.29, 0.717) is 6.10 Å². The van der Waals surface area contributed by atoms with E-state index in [9.17, 15) is 4.79 Å². The van der Waals surface area contributed by atoms with Gasteiger partial charge in [0.2, 0.25) is 0 Å². The Kier molecular flexibility index (Phi) is 5.88. The van der Waals surface area contributed by atoms with E-state index < -0.39 is 5.60 Å². The van der Waals surface area contributed by atoms with Gasteiger partial charge in [0.1, 0.15) is 5.60 Å². The van der Waals surface area contributed by atoms with Crippen molar-refractivity contribution in [1.82, 2.24) is 9.80 Å². The van der Waals surface area contributed by atoms with Crippen LogP contribution < -0.4 is 0 Å². The molecule has 0 spiro atoms. The van der Waals surface area contributed by atoms with E-state index in [4.69, 9.17) is 9.47 Å². The Morgan fingerprint density at radius 3 is 2.29 bits per heavy atom. The minimum Gasteiger partial charge on any atom is -0.444 e. The number of carbonyl (C=O) groups is 1. The monoisotopic (exact) mass is 298 g/mol. The molecule has 2 aliphatic rings. The van der Waals surface area contributed by atoms with Crippen LogP contribution in [0.5, 0.6) is 0 Å². The molecule has 1 amide bonds. The summed E-state index contributed by atoms with van der Waals surface area (Å²) in [5, 5.41) is 0. The van der Waals surface area contributed by atoms with Gasteiger partial charge in [0, 0.05) is 19.6 Å². The first-order valence-electron chi connectivity index (χ1n) is 8.26. The van der Waals surface area contributed by atoms with Crippen LogP contribution in [0.25, 0.3) is 0 Å². The Morgan fingerprint density at radius 2 is 1.71 bits per heavy atom. The summed E-state index contributed by atoms with van der Waals surface area (Å²) >= 11 is 0. The van der Waals surface area contributed by atoms with E-state index in [1.54, 1.807) is 4.90 Å². The van der Waals surface area contributed by atoms with Crippen molar-refractivity contribution in [2.45, 2.75) is 58.2 Å². The SMILES string of the molecule is CC(C)(C)OC(=O)N1CCC(OCCN2CCCC2)CC1. The van der Waals surface area contributed by atoms with Gasteiger partial charge < -0.3 is 19.3 Å². The van der Waals surface area contributed by atoms with Crippen LogP contribution in [-0.4, -0.2) is 66.9 Å². The molecule has 2 heterocycles. The summed E-state index contributed by atoms with van der Waals surface area (Å²) in [6.45, 7) is 11.5. The quantitative estimate of drug-likeness (QED) is 0.800. The second kappa shape index (κ2) is 7.45. The summed E-state index contributed by atoms with van der Waals surface area (Å²) in [5.74, 6) is 0. The minimum atomic E-state index is -0.417. The fourth-order valence-corrected chi connectivity index (χ4v) is 2.89. The third-order valence-electron chi connectivity index (χ3n) is 4.05. The topological polar surface area (TPSA) is 42.0 Å². The van der Waals surface area contributed by atoms with Gasteiger partial charge in [-0.1, -0.05) is 0 Å². The lowest BCUT2D eigenvalue weighted by Gasteiger charge is -2.33. The van der Waals surface area contributed by atoms with Crippen LogP contribution in [0.2, 0.25) is 0 Å². The van der Waals surface area contributed by atoms with Crippen LogP contribution in [0.15, 0.2) is 0 Å². The maximum Gasteiger partial charge on any atom is 0.410 e. The molecule has 0 aromatic carbocycles. The molecule has 2 aliphatic heterocycles. The highest BCUT2D eigenvalue weighted by Crippen LogP contribution is 2.17. The average Bonchev–Trinajstić information content (AvgIpc) is 2.91. The Hall–Kier alpha value is -0.810. The molecule has 122 valence electrons. The van der Waals surface area contributed by atoms with Gasteiger partial charge in [0.05, 0.1) is 12.7 Å². The Labute approximate surface area is 128 Å². The molecule has 0 saturated carbocycles. The van der Waals surface area contributed by atoms with E-state index >= 15 is 0 Å². The Morgan fingerprint density at radius 1 is 1.10 bits per heavy atom. The predicted octanol–water partition coefficient (Wildman–Crippen LogP) is 2.50. The third-order valence-corrected chi connectivity index (χ3v) is 4.05. The van der Waals surface area contributed by atoms with Crippen LogP contribution in [0.4, 0.5) is 4.79 Å². The molecule has 5 heteroatoms. The normalized spacial score (nSPS) is 21.8. The van der Waals surface area contributed by atoms with Gasteiger partial charge in [-0.2, -0.15) is 0 Å². The molecule has 0 aliphatic carbocycles. The third kappa shape index (κ3) is 5.83.